The Morgan fingerprint density at radius 2 is 1.75 bits per heavy atom. The van der Waals surface area contributed by atoms with Crippen molar-refractivity contribution in [1.29, 1.82) is 0 Å². The third kappa shape index (κ3) is 3.25. The number of nitrogens with one attached hydrogen (secondary N) is 2. The first kappa shape index (κ1) is 14.3. The van der Waals surface area contributed by atoms with E-state index in [1.807, 2.05) is 19.9 Å². The van der Waals surface area contributed by atoms with Crippen LogP contribution in [0.15, 0.2) is 41.4 Å². The van der Waals surface area contributed by atoms with Crippen LogP contribution in [0.2, 0.25) is 0 Å². The summed E-state index contributed by atoms with van der Waals surface area (Å²) < 4.78 is 27.0. The summed E-state index contributed by atoms with van der Waals surface area (Å²) in [5.41, 5.74) is 4.85. The maximum atomic E-state index is 12.2. The van der Waals surface area contributed by atoms with Gasteiger partial charge in [-0.1, -0.05) is 6.07 Å². The highest BCUT2D eigenvalue weighted by Gasteiger charge is 2.14. The molecule has 0 radical (unpaired) electrons. The molecule has 0 aliphatic carbocycles. The molecule has 0 saturated carbocycles. The number of aromatic nitrogens is 1. The summed E-state index contributed by atoms with van der Waals surface area (Å²) in [7, 11) is -3.65. The Kier molecular flexibility index (Phi) is 3.91. The van der Waals surface area contributed by atoms with Gasteiger partial charge >= 0.3 is 0 Å². The quantitative estimate of drug-likeness (QED) is 0.589. The first-order chi connectivity index (χ1) is 9.40. The van der Waals surface area contributed by atoms with Gasteiger partial charge in [0.1, 0.15) is 10.7 Å². The fourth-order valence-electron chi connectivity index (χ4n) is 1.87. The van der Waals surface area contributed by atoms with Crippen LogP contribution in [0.5, 0.6) is 0 Å². The molecule has 20 heavy (non-hydrogen) atoms. The minimum Gasteiger partial charge on any atom is -0.308 e. The summed E-state index contributed by atoms with van der Waals surface area (Å²) in [5.74, 6) is 5.59. The van der Waals surface area contributed by atoms with Crippen LogP contribution in [0, 0.1) is 13.8 Å². The molecule has 0 aliphatic heterocycles. The number of hydrogen-bond donors (Lipinski definition) is 3. The minimum atomic E-state index is -3.65. The van der Waals surface area contributed by atoms with Gasteiger partial charge in [-0.3, -0.25) is 4.72 Å². The van der Waals surface area contributed by atoms with E-state index in [1.54, 1.807) is 12.1 Å². The third-order valence-corrected chi connectivity index (χ3v) is 4.03. The summed E-state index contributed by atoms with van der Waals surface area (Å²) >= 11 is 0. The van der Waals surface area contributed by atoms with Gasteiger partial charge in [-0.05, 0) is 49.2 Å². The summed E-state index contributed by atoms with van der Waals surface area (Å²) in [6.07, 6.45) is 1.25. The van der Waals surface area contributed by atoms with Crippen molar-refractivity contribution in [3.8, 4) is 0 Å². The lowest BCUT2D eigenvalue weighted by atomic mass is 10.1. The van der Waals surface area contributed by atoms with E-state index in [4.69, 9.17) is 5.84 Å². The van der Waals surface area contributed by atoms with Gasteiger partial charge in [0.15, 0.2) is 0 Å². The molecule has 0 spiro atoms. The number of aryl methyl sites for hydroxylation is 2. The van der Waals surface area contributed by atoms with Gasteiger partial charge < -0.3 is 5.43 Å². The molecule has 0 unspecified atom stereocenters. The molecule has 0 aliphatic rings. The fraction of sp³-hybridized carbons (Fsp3) is 0.154. The van der Waals surface area contributed by atoms with Crippen LogP contribution in [-0.4, -0.2) is 13.4 Å². The predicted octanol–water partition coefficient (Wildman–Crippen LogP) is 1.78. The van der Waals surface area contributed by atoms with E-state index in [1.165, 1.54) is 18.3 Å². The molecule has 106 valence electrons. The van der Waals surface area contributed by atoms with E-state index in [2.05, 4.69) is 15.1 Å². The molecule has 4 N–H and O–H groups in total. The van der Waals surface area contributed by atoms with Crippen LogP contribution < -0.4 is 16.0 Å². The van der Waals surface area contributed by atoms with E-state index in [-0.39, 0.29) is 4.90 Å². The minimum absolute atomic E-state index is 0.0793. The Bertz CT molecular complexity index is 691. The molecule has 7 heteroatoms. The van der Waals surface area contributed by atoms with E-state index in [0.717, 1.165) is 11.1 Å². The number of hydrogen-bond acceptors (Lipinski definition) is 5. The SMILES string of the molecule is Cc1cc(C)cc(NS(=O)(=O)c2ccc(NN)nc2)c1. The molecular weight excluding hydrogens is 276 g/mol. The number of nitrogens with zero attached hydrogens (tertiary/aromatic N) is 1. The average molecular weight is 292 g/mol. The second kappa shape index (κ2) is 5.48. The van der Waals surface area contributed by atoms with Crippen molar-refractivity contribution in [2.45, 2.75) is 18.7 Å². The highest BCUT2D eigenvalue weighted by Crippen LogP contribution is 2.19. The number of pyridine rings is 1. The van der Waals surface area contributed by atoms with Crippen molar-refractivity contribution in [2.75, 3.05) is 10.1 Å². The maximum absolute atomic E-state index is 12.2. The second-order valence-electron chi connectivity index (χ2n) is 4.51. The normalized spacial score (nSPS) is 11.2. The average Bonchev–Trinajstić information content (AvgIpc) is 2.37. The van der Waals surface area contributed by atoms with Gasteiger partial charge in [0, 0.05) is 11.9 Å². The first-order valence-electron chi connectivity index (χ1n) is 5.94. The van der Waals surface area contributed by atoms with E-state index in [9.17, 15) is 8.42 Å². The fourth-order valence-corrected chi connectivity index (χ4v) is 2.86. The van der Waals surface area contributed by atoms with E-state index >= 15 is 0 Å². The number of nitrogens with two attached hydrogens (primary N) is 1. The van der Waals surface area contributed by atoms with Crippen molar-refractivity contribution in [2.24, 2.45) is 5.84 Å². The zero-order valence-corrected chi connectivity index (χ0v) is 12.0. The lowest BCUT2D eigenvalue weighted by Crippen LogP contribution is -2.14. The Morgan fingerprint density at radius 3 is 2.25 bits per heavy atom. The summed E-state index contributed by atoms with van der Waals surface area (Å²) in [4.78, 5) is 3.96. The molecule has 2 rings (SSSR count). The van der Waals surface area contributed by atoms with Crippen LogP contribution in [-0.2, 0) is 10.0 Å². The van der Waals surface area contributed by atoms with Gasteiger partial charge in [-0.2, -0.15) is 0 Å². The Morgan fingerprint density at radius 1 is 1.10 bits per heavy atom. The van der Waals surface area contributed by atoms with Crippen molar-refractivity contribution in [1.82, 2.24) is 4.98 Å². The van der Waals surface area contributed by atoms with E-state index < -0.39 is 10.0 Å². The van der Waals surface area contributed by atoms with Crippen molar-refractivity contribution in [3.05, 3.63) is 47.7 Å². The lowest BCUT2D eigenvalue weighted by molar-refractivity contribution is 0.601. The van der Waals surface area contributed by atoms with Crippen LogP contribution in [0.3, 0.4) is 0 Å². The number of rotatable bonds is 4. The number of hydrazine groups is 1. The summed E-state index contributed by atoms with van der Waals surface area (Å²) in [6, 6.07) is 8.45. The van der Waals surface area contributed by atoms with Crippen LogP contribution in [0.4, 0.5) is 11.5 Å². The maximum Gasteiger partial charge on any atom is 0.263 e. The van der Waals surface area contributed by atoms with Gasteiger partial charge in [0.05, 0.1) is 0 Å². The topological polar surface area (TPSA) is 97.1 Å². The number of benzene rings is 1. The van der Waals surface area contributed by atoms with Crippen LogP contribution in [0.25, 0.3) is 0 Å². The van der Waals surface area contributed by atoms with Gasteiger partial charge in [-0.25, -0.2) is 19.2 Å². The second-order valence-corrected chi connectivity index (χ2v) is 6.19. The highest BCUT2D eigenvalue weighted by atomic mass is 32.2. The molecule has 2 aromatic rings. The Labute approximate surface area is 118 Å². The first-order valence-corrected chi connectivity index (χ1v) is 7.43. The molecule has 0 fully saturated rings. The largest absolute Gasteiger partial charge is 0.308 e. The monoisotopic (exact) mass is 292 g/mol. The standard InChI is InChI=1S/C13H16N4O2S/c1-9-5-10(2)7-11(6-9)17-20(18,19)12-3-4-13(16-14)15-8-12/h3-8,17H,14H2,1-2H3,(H,15,16). The molecule has 6 nitrogen and oxygen atoms in total. The van der Waals surface area contributed by atoms with Crippen LogP contribution in [0.1, 0.15) is 11.1 Å². The molecule has 0 atom stereocenters. The molecule has 0 amide bonds. The molecule has 1 aromatic carbocycles. The molecule has 1 heterocycles. The molecule has 1 aromatic heterocycles. The van der Waals surface area contributed by atoms with Gasteiger partial charge in [0.25, 0.3) is 10.0 Å². The van der Waals surface area contributed by atoms with Crippen molar-refractivity contribution in [3.63, 3.8) is 0 Å². The smallest absolute Gasteiger partial charge is 0.263 e. The lowest BCUT2D eigenvalue weighted by Gasteiger charge is -2.10. The molecule has 0 saturated heterocycles. The van der Waals surface area contributed by atoms with E-state index in [0.29, 0.717) is 11.5 Å². The predicted molar refractivity (Wildman–Crippen MR) is 78.8 cm³/mol. The van der Waals surface area contributed by atoms with Crippen molar-refractivity contribution >= 4 is 21.5 Å². The Hall–Kier alpha value is -2.12. The third-order valence-electron chi connectivity index (χ3n) is 2.67. The van der Waals surface area contributed by atoms with Gasteiger partial charge in [0.2, 0.25) is 0 Å². The van der Waals surface area contributed by atoms with Crippen LogP contribution >= 0.6 is 0 Å². The molecule has 0 bridgehead atoms. The van der Waals surface area contributed by atoms with Gasteiger partial charge in [-0.15, -0.1) is 0 Å². The summed E-state index contributed by atoms with van der Waals surface area (Å²) in [6.45, 7) is 3.82. The number of anilines is 2. The summed E-state index contributed by atoms with van der Waals surface area (Å²) in [5, 5.41) is 0. The zero-order valence-electron chi connectivity index (χ0n) is 11.2. The molecular formula is C13H16N4O2S. The number of sulfonamides is 1. The Balaban J connectivity index is 2.30. The number of nitrogen functional groups attached to an aromatic ring is 1. The highest BCUT2D eigenvalue weighted by molar-refractivity contribution is 7.92. The zero-order chi connectivity index (χ0) is 14.8. The van der Waals surface area contributed by atoms with Crippen molar-refractivity contribution < 1.29 is 8.42 Å².